The molecule has 2 aliphatic rings. The third-order valence-corrected chi connectivity index (χ3v) is 6.20. The molecule has 0 atom stereocenters. The molecule has 136 valence electrons. The summed E-state index contributed by atoms with van der Waals surface area (Å²) in [6.45, 7) is 2.70. The van der Waals surface area contributed by atoms with Gasteiger partial charge in [0.1, 0.15) is 18.9 Å². The molecule has 0 saturated heterocycles. The topological polar surface area (TPSA) is 15.3 Å². The van der Waals surface area contributed by atoms with Crippen molar-refractivity contribution in [2.24, 2.45) is 0 Å². The van der Waals surface area contributed by atoms with E-state index in [4.69, 9.17) is 0 Å². The van der Waals surface area contributed by atoms with Gasteiger partial charge in [-0.1, -0.05) is 60.7 Å². The first-order chi connectivity index (χ1) is 12.9. The van der Waals surface area contributed by atoms with Gasteiger partial charge >= 0.3 is 5.57 Å². The number of hydrogen-bond donors (Lipinski definition) is 0. The summed E-state index contributed by atoms with van der Waals surface area (Å²) >= 11 is 0. The number of hydrogen-bond acceptors (Lipinski definition) is 2. The predicted octanol–water partition coefficient (Wildman–Crippen LogP) is -0.253. The molecule has 0 N–H and O–H groups in total. The average molecular weight is 439 g/mol. The first-order valence-electron chi connectivity index (χ1n) is 8.83. The van der Waals surface area contributed by atoms with E-state index in [1.807, 2.05) is 0 Å². The Morgan fingerprint density at radius 3 is 2.22 bits per heavy atom. The van der Waals surface area contributed by atoms with Gasteiger partial charge in [-0.05, 0) is 11.1 Å². The van der Waals surface area contributed by atoms with E-state index in [-0.39, 0.29) is 17.0 Å². The Balaban J connectivity index is 0.00000180. The van der Waals surface area contributed by atoms with E-state index in [1.54, 1.807) is 0 Å². The van der Waals surface area contributed by atoms with Gasteiger partial charge in [0.15, 0.2) is 12.2 Å². The minimum atomic E-state index is 0. The Hall–Kier alpha value is -2.36. The Kier molecular flexibility index (Phi) is 5.15. The SMILES string of the molecule is C1=CN2C[n+]3ccn(Cc4ccccc4)c3P=C2N1Cc1ccccc1.[Br-]. The van der Waals surface area contributed by atoms with Crippen LogP contribution in [0.4, 0.5) is 0 Å². The summed E-state index contributed by atoms with van der Waals surface area (Å²) < 4.78 is 4.70. The van der Waals surface area contributed by atoms with Crippen LogP contribution < -0.4 is 27.1 Å². The molecular formula is C21H20BrN4P. The summed E-state index contributed by atoms with van der Waals surface area (Å²) in [6.07, 6.45) is 8.78. The third kappa shape index (κ3) is 3.58. The molecule has 5 rings (SSSR count). The quantitative estimate of drug-likeness (QED) is 0.412. The van der Waals surface area contributed by atoms with Crippen molar-refractivity contribution in [2.45, 2.75) is 19.8 Å². The first kappa shape index (κ1) is 18.0. The molecule has 2 aliphatic heterocycles. The number of rotatable bonds is 4. The van der Waals surface area contributed by atoms with Gasteiger partial charge in [0, 0.05) is 18.9 Å². The Morgan fingerprint density at radius 2 is 1.52 bits per heavy atom. The van der Waals surface area contributed by atoms with Crippen LogP contribution in [-0.4, -0.2) is 19.9 Å². The van der Waals surface area contributed by atoms with Crippen molar-refractivity contribution in [3.63, 3.8) is 0 Å². The van der Waals surface area contributed by atoms with Gasteiger partial charge < -0.3 is 21.9 Å². The lowest BCUT2D eigenvalue weighted by atomic mass is 10.2. The molecule has 1 aromatic heterocycles. The number of benzene rings is 2. The molecule has 6 heteroatoms. The monoisotopic (exact) mass is 438 g/mol. The molecule has 3 aromatic rings. The van der Waals surface area contributed by atoms with Crippen molar-refractivity contribution >= 4 is 19.3 Å². The van der Waals surface area contributed by atoms with Crippen molar-refractivity contribution < 1.29 is 21.5 Å². The van der Waals surface area contributed by atoms with Gasteiger partial charge in [-0.3, -0.25) is 4.90 Å². The lowest BCUT2D eigenvalue weighted by molar-refractivity contribution is -0.693. The minimum Gasteiger partial charge on any atom is -1.00 e. The van der Waals surface area contributed by atoms with E-state index >= 15 is 0 Å². The predicted molar refractivity (Wildman–Crippen MR) is 105 cm³/mol. The molecule has 0 unspecified atom stereocenters. The smallest absolute Gasteiger partial charge is 0.312 e. The number of nitrogens with zero attached hydrogens (tertiary/aromatic N) is 4. The summed E-state index contributed by atoms with van der Waals surface area (Å²) in [7, 11) is 1.24. The van der Waals surface area contributed by atoms with E-state index in [9.17, 15) is 0 Å². The molecule has 0 aliphatic carbocycles. The highest BCUT2D eigenvalue weighted by Gasteiger charge is 2.31. The minimum absolute atomic E-state index is 0. The largest absolute Gasteiger partial charge is 1.00 e. The summed E-state index contributed by atoms with van der Waals surface area (Å²) in [5.74, 6) is 0. The van der Waals surface area contributed by atoms with E-state index in [0.29, 0.717) is 0 Å². The van der Waals surface area contributed by atoms with Crippen molar-refractivity contribution in [1.29, 1.82) is 0 Å². The number of imidazole rings is 1. The fourth-order valence-corrected chi connectivity index (χ4v) is 4.68. The van der Waals surface area contributed by atoms with Gasteiger partial charge in [-0.25, -0.2) is 9.13 Å². The van der Waals surface area contributed by atoms with Crippen LogP contribution in [0.15, 0.2) is 85.5 Å². The van der Waals surface area contributed by atoms with Crippen molar-refractivity contribution in [2.75, 3.05) is 0 Å². The Bertz CT molecular complexity index is 982. The van der Waals surface area contributed by atoms with E-state index in [2.05, 4.69) is 104 Å². The van der Waals surface area contributed by atoms with Crippen LogP contribution in [0.2, 0.25) is 0 Å². The zero-order valence-electron chi connectivity index (χ0n) is 14.8. The number of halogens is 1. The summed E-state index contributed by atoms with van der Waals surface area (Å²) in [5.41, 5.74) is 5.34. The second-order valence-corrected chi connectivity index (χ2v) is 7.64. The maximum Gasteiger partial charge on any atom is 0.312 e. The van der Waals surface area contributed by atoms with E-state index < -0.39 is 0 Å². The van der Waals surface area contributed by atoms with Gasteiger partial charge in [0.05, 0.1) is 8.20 Å². The fraction of sp³-hybridized carbons (Fsp3) is 0.143. The molecule has 0 saturated carbocycles. The molecule has 0 spiro atoms. The van der Waals surface area contributed by atoms with Gasteiger partial charge in [0.25, 0.3) is 0 Å². The van der Waals surface area contributed by atoms with Crippen LogP contribution in [0.1, 0.15) is 11.1 Å². The maximum absolute atomic E-state index is 2.36. The van der Waals surface area contributed by atoms with Gasteiger partial charge in [0.2, 0.25) is 0 Å². The standard InChI is InChI=1S/C21H20N4P.BrH/c1-3-7-18(8-4-1)15-22-11-13-24-17-25-14-12-23(21(25)26-20(22)24)16-19-9-5-2-6-10-19;/h1-14H,15-17H2;1H/q+1;/p-1. The van der Waals surface area contributed by atoms with Crippen LogP contribution in [0.25, 0.3) is 0 Å². The van der Waals surface area contributed by atoms with Crippen LogP contribution in [0.5, 0.6) is 0 Å². The summed E-state index contributed by atoms with van der Waals surface area (Å²) in [6, 6.07) is 21.3. The summed E-state index contributed by atoms with van der Waals surface area (Å²) in [5, 5.41) is 0. The molecule has 3 heterocycles. The van der Waals surface area contributed by atoms with Crippen molar-refractivity contribution in [3.05, 3.63) is 96.6 Å². The van der Waals surface area contributed by atoms with Gasteiger partial charge in [-0.2, -0.15) is 0 Å². The second kappa shape index (κ2) is 7.71. The highest BCUT2D eigenvalue weighted by atomic mass is 79.9. The Morgan fingerprint density at radius 1 is 0.852 bits per heavy atom. The zero-order valence-corrected chi connectivity index (χ0v) is 17.3. The van der Waals surface area contributed by atoms with Crippen LogP contribution in [0.3, 0.4) is 0 Å². The average Bonchev–Trinajstić information content (AvgIpc) is 3.26. The van der Waals surface area contributed by atoms with E-state index in [0.717, 1.165) is 19.8 Å². The van der Waals surface area contributed by atoms with Crippen LogP contribution >= 0.6 is 8.20 Å². The molecule has 4 nitrogen and oxygen atoms in total. The molecular weight excluding hydrogens is 419 g/mol. The van der Waals surface area contributed by atoms with Crippen LogP contribution in [0, 0.1) is 0 Å². The van der Waals surface area contributed by atoms with Gasteiger partial charge in [-0.15, -0.1) is 0 Å². The third-order valence-electron chi connectivity index (χ3n) is 4.78. The second-order valence-electron chi connectivity index (χ2n) is 6.62. The lowest BCUT2D eigenvalue weighted by Crippen LogP contribution is -3.00. The Labute approximate surface area is 171 Å². The molecule has 0 radical (unpaired) electrons. The maximum atomic E-state index is 2.36. The van der Waals surface area contributed by atoms with Crippen molar-refractivity contribution in [1.82, 2.24) is 14.4 Å². The summed E-state index contributed by atoms with van der Waals surface area (Å²) in [4.78, 5) is 4.70. The molecule has 27 heavy (non-hydrogen) atoms. The molecule has 0 bridgehead atoms. The number of fused-ring (bicyclic) bond motifs is 2. The number of aromatic nitrogens is 2. The molecule has 2 aromatic carbocycles. The zero-order chi connectivity index (χ0) is 17.3. The van der Waals surface area contributed by atoms with E-state index in [1.165, 1.54) is 30.4 Å². The first-order valence-corrected chi connectivity index (χ1v) is 9.73. The molecule has 0 amide bonds. The normalized spacial score (nSPS) is 15.0. The van der Waals surface area contributed by atoms with Crippen LogP contribution in [-0.2, 0) is 19.8 Å². The van der Waals surface area contributed by atoms with Crippen molar-refractivity contribution in [3.8, 4) is 0 Å². The molecule has 0 fully saturated rings. The highest BCUT2D eigenvalue weighted by Crippen LogP contribution is 2.21. The fourth-order valence-electron chi connectivity index (χ4n) is 3.46. The lowest BCUT2D eigenvalue weighted by Gasteiger charge is -2.25. The highest BCUT2D eigenvalue weighted by molar-refractivity contribution is 7.48.